The van der Waals surface area contributed by atoms with E-state index in [4.69, 9.17) is 15.2 Å². The van der Waals surface area contributed by atoms with Crippen molar-refractivity contribution < 1.29 is 9.47 Å². The largest absolute Gasteiger partial charge is 0.493 e. The van der Waals surface area contributed by atoms with Gasteiger partial charge in [0.2, 0.25) is 0 Å². The van der Waals surface area contributed by atoms with Gasteiger partial charge in [-0.05, 0) is 68.5 Å². The fourth-order valence-corrected chi connectivity index (χ4v) is 3.37. The highest BCUT2D eigenvalue weighted by atomic mass is 16.5. The summed E-state index contributed by atoms with van der Waals surface area (Å²) in [5.41, 5.74) is 7.99. The lowest BCUT2D eigenvalue weighted by atomic mass is 9.95. The van der Waals surface area contributed by atoms with Crippen molar-refractivity contribution in [3.63, 3.8) is 0 Å². The normalized spacial score (nSPS) is 15.2. The van der Waals surface area contributed by atoms with Gasteiger partial charge in [-0.2, -0.15) is 0 Å². The fraction of sp³-hybridized carbons (Fsp3) is 0.391. The van der Waals surface area contributed by atoms with E-state index in [0.29, 0.717) is 12.6 Å². The summed E-state index contributed by atoms with van der Waals surface area (Å²) in [5.74, 6) is 8.34. The molecule has 0 bridgehead atoms. The van der Waals surface area contributed by atoms with Gasteiger partial charge in [-0.25, -0.2) is 0 Å². The zero-order valence-electron chi connectivity index (χ0n) is 15.4. The summed E-state index contributed by atoms with van der Waals surface area (Å²) in [6, 6.07) is 16.2. The Morgan fingerprint density at radius 1 is 1.08 bits per heavy atom. The summed E-state index contributed by atoms with van der Waals surface area (Å²) in [6.07, 6.45) is 5.83. The van der Waals surface area contributed by atoms with Gasteiger partial charge >= 0.3 is 0 Å². The second-order valence-electron chi connectivity index (χ2n) is 6.70. The van der Waals surface area contributed by atoms with Crippen LogP contribution in [0.25, 0.3) is 0 Å². The fourth-order valence-electron chi connectivity index (χ4n) is 3.37. The second kappa shape index (κ2) is 9.31. The summed E-state index contributed by atoms with van der Waals surface area (Å²) in [4.78, 5) is 0. The molecule has 0 spiro atoms. The number of benzene rings is 2. The third-order valence-electron chi connectivity index (χ3n) is 4.81. The zero-order chi connectivity index (χ0) is 18.2. The van der Waals surface area contributed by atoms with Crippen LogP contribution in [0.5, 0.6) is 11.5 Å². The van der Waals surface area contributed by atoms with Gasteiger partial charge in [-0.3, -0.25) is 0 Å². The van der Waals surface area contributed by atoms with E-state index in [2.05, 4.69) is 24.0 Å². The van der Waals surface area contributed by atoms with Crippen LogP contribution in [0.1, 0.15) is 49.1 Å². The molecule has 0 radical (unpaired) electrons. The Balaban J connectivity index is 1.85. The van der Waals surface area contributed by atoms with E-state index < -0.39 is 0 Å². The first-order chi connectivity index (χ1) is 12.8. The molecule has 2 aromatic carbocycles. The number of hydrogen-bond donors (Lipinski definition) is 1. The number of hydrogen-bond acceptors (Lipinski definition) is 3. The monoisotopic (exact) mass is 349 g/mol. The highest BCUT2D eigenvalue weighted by Gasteiger charge is 2.19. The first kappa shape index (κ1) is 18.4. The minimum absolute atomic E-state index is 0.0806. The van der Waals surface area contributed by atoms with Crippen LogP contribution >= 0.6 is 0 Å². The third kappa shape index (κ3) is 4.80. The predicted molar refractivity (Wildman–Crippen MR) is 106 cm³/mol. The molecule has 2 aromatic rings. The SMILES string of the molecule is COc1ccc(C(C#Cc2ccccc2)CCN)cc1OC1CCCC1. The maximum atomic E-state index is 6.22. The number of methoxy groups -OCH3 is 1. The average Bonchev–Trinajstić information content (AvgIpc) is 3.19. The Kier molecular flexibility index (Phi) is 6.57. The van der Waals surface area contributed by atoms with Crippen LogP contribution in [-0.2, 0) is 0 Å². The Bertz CT molecular complexity index is 755. The molecule has 1 aliphatic rings. The maximum Gasteiger partial charge on any atom is 0.161 e. The zero-order valence-corrected chi connectivity index (χ0v) is 15.4. The minimum atomic E-state index is 0.0806. The standard InChI is InChI=1S/C23H27NO2/c1-25-22-14-13-20(17-23(22)26-21-9-5-6-10-21)19(15-16-24)12-11-18-7-3-2-4-8-18/h2-4,7-8,13-14,17,19,21H,5-6,9-10,15-16,24H2,1H3. The molecule has 1 unspecified atom stereocenters. The van der Waals surface area contributed by atoms with Crippen molar-refractivity contribution in [3.8, 4) is 23.3 Å². The topological polar surface area (TPSA) is 44.5 Å². The van der Waals surface area contributed by atoms with Crippen LogP contribution in [0.4, 0.5) is 0 Å². The smallest absolute Gasteiger partial charge is 0.161 e. The van der Waals surface area contributed by atoms with E-state index in [1.165, 1.54) is 12.8 Å². The van der Waals surface area contributed by atoms with Crippen molar-refractivity contribution in [2.45, 2.75) is 44.1 Å². The molecule has 2 N–H and O–H groups in total. The van der Waals surface area contributed by atoms with Gasteiger partial charge in [0.25, 0.3) is 0 Å². The summed E-state index contributed by atoms with van der Waals surface area (Å²) >= 11 is 0. The Hall–Kier alpha value is -2.44. The number of nitrogens with two attached hydrogens (primary N) is 1. The van der Waals surface area contributed by atoms with Crippen LogP contribution in [0.2, 0.25) is 0 Å². The molecule has 0 aliphatic heterocycles. The van der Waals surface area contributed by atoms with Gasteiger partial charge in [0.05, 0.1) is 13.2 Å². The number of ether oxygens (including phenoxy) is 2. The van der Waals surface area contributed by atoms with Gasteiger partial charge < -0.3 is 15.2 Å². The molecule has 1 saturated carbocycles. The highest BCUT2D eigenvalue weighted by molar-refractivity contribution is 5.46. The van der Waals surface area contributed by atoms with Gasteiger partial charge in [-0.15, -0.1) is 0 Å². The number of rotatable bonds is 6. The molecule has 3 heteroatoms. The van der Waals surface area contributed by atoms with E-state index in [0.717, 1.165) is 41.9 Å². The van der Waals surface area contributed by atoms with Crippen molar-refractivity contribution in [2.24, 2.45) is 5.73 Å². The van der Waals surface area contributed by atoms with Crippen LogP contribution in [0.15, 0.2) is 48.5 Å². The van der Waals surface area contributed by atoms with Crippen molar-refractivity contribution in [1.82, 2.24) is 0 Å². The molecule has 26 heavy (non-hydrogen) atoms. The van der Waals surface area contributed by atoms with Gasteiger partial charge in [0, 0.05) is 11.5 Å². The first-order valence-electron chi connectivity index (χ1n) is 9.41. The van der Waals surface area contributed by atoms with Crippen molar-refractivity contribution in [2.75, 3.05) is 13.7 Å². The van der Waals surface area contributed by atoms with Gasteiger partial charge in [-0.1, -0.05) is 36.1 Å². The highest BCUT2D eigenvalue weighted by Crippen LogP contribution is 2.34. The van der Waals surface area contributed by atoms with E-state index >= 15 is 0 Å². The molecule has 3 nitrogen and oxygen atoms in total. The second-order valence-corrected chi connectivity index (χ2v) is 6.70. The van der Waals surface area contributed by atoms with Crippen LogP contribution < -0.4 is 15.2 Å². The predicted octanol–water partition coefficient (Wildman–Crippen LogP) is 4.50. The molecule has 3 rings (SSSR count). The lowest BCUT2D eigenvalue weighted by Crippen LogP contribution is -2.12. The Labute approximate surface area is 156 Å². The van der Waals surface area contributed by atoms with Gasteiger partial charge in [0.15, 0.2) is 11.5 Å². The summed E-state index contributed by atoms with van der Waals surface area (Å²) < 4.78 is 11.7. The quantitative estimate of drug-likeness (QED) is 0.781. The molecule has 0 heterocycles. The first-order valence-corrected chi connectivity index (χ1v) is 9.41. The van der Waals surface area contributed by atoms with Gasteiger partial charge in [0.1, 0.15) is 0 Å². The molecule has 0 aromatic heterocycles. The Morgan fingerprint density at radius 3 is 2.54 bits per heavy atom. The van der Waals surface area contributed by atoms with E-state index in [-0.39, 0.29) is 5.92 Å². The molecule has 1 fully saturated rings. The van der Waals surface area contributed by atoms with Crippen molar-refractivity contribution >= 4 is 0 Å². The van der Waals surface area contributed by atoms with E-state index in [1.807, 2.05) is 36.4 Å². The molecule has 0 saturated heterocycles. The van der Waals surface area contributed by atoms with Crippen LogP contribution in [0.3, 0.4) is 0 Å². The molecule has 0 amide bonds. The Morgan fingerprint density at radius 2 is 1.85 bits per heavy atom. The lowest BCUT2D eigenvalue weighted by molar-refractivity contribution is 0.200. The maximum absolute atomic E-state index is 6.22. The van der Waals surface area contributed by atoms with Crippen molar-refractivity contribution in [1.29, 1.82) is 0 Å². The summed E-state index contributed by atoms with van der Waals surface area (Å²) in [7, 11) is 1.68. The van der Waals surface area contributed by atoms with E-state index in [1.54, 1.807) is 7.11 Å². The molecule has 136 valence electrons. The van der Waals surface area contributed by atoms with E-state index in [9.17, 15) is 0 Å². The minimum Gasteiger partial charge on any atom is -0.493 e. The average molecular weight is 349 g/mol. The molecular formula is C23H27NO2. The van der Waals surface area contributed by atoms with Crippen LogP contribution in [-0.4, -0.2) is 19.8 Å². The molecule has 1 aliphatic carbocycles. The third-order valence-corrected chi connectivity index (χ3v) is 4.81. The van der Waals surface area contributed by atoms with Crippen molar-refractivity contribution in [3.05, 3.63) is 59.7 Å². The lowest BCUT2D eigenvalue weighted by Gasteiger charge is -2.18. The van der Waals surface area contributed by atoms with Crippen LogP contribution in [0, 0.1) is 11.8 Å². The molecular weight excluding hydrogens is 322 g/mol. The molecule has 1 atom stereocenters. The summed E-state index contributed by atoms with van der Waals surface area (Å²) in [6.45, 7) is 0.596. The summed E-state index contributed by atoms with van der Waals surface area (Å²) in [5, 5.41) is 0.